The summed E-state index contributed by atoms with van der Waals surface area (Å²) in [4.78, 5) is 17.4. The number of piperazine rings is 1. The van der Waals surface area contributed by atoms with Gasteiger partial charge in [0.2, 0.25) is 15.9 Å². The van der Waals surface area contributed by atoms with E-state index in [4.69, 9.17) is 16.3 Å². The zero-order chi connectivity index (χ0) is 27.7. The summed E-state index contributed by atoms with van der Waals surface area (Å²) in [5, 5.41) is 0.199. The minimum absolute atomic E-state index is 0.0317. The van der Waals surface area contributed by atoms with Crippen LogP contribution in [0, 0.1) is 0 Å². The molecule has 0 unspecified atom stereocenters. The fourth-order valence-electron chi connectivity index (χ4n) is 4.47. The van der Waals surface area contributed by atoms with Crippen molar-refractivity contribution in [2.75, 3.05) is 52.9 Å². The fourth-order valence-corrected chi connectivity index (χ4v) is 6.21. The fraction of sp³-hybridized carbons (Fsp3) is 0.300. The zero-order valence-electron chi connectivity index (χ0n) is 22.1. The van der Waals surface area contributed by atoms with E-state index in [9.17, 15) is 13.2 Å². The first-order valence-corrected chi connectivity index (χ1v) is 14.8. The number of methoxy groups -OCH3 is 1. The van der Waals surface area contributed by atoms with Crippen molar-refractivity contribution in [1.29, 1.82) is 0 Å². The molecule has 0 atom stereocenters. The number of sulfonamides is 1. The van der Waals surface area contributed by atoms with Gasteiger partial charge in [-0.1, -0.05) is 84.4 Å². The highest BCUT2D eigenvalue weighted by Crippen LogP contribution is 2.28. The van der Waals surface area contributed by atoms with E-state index in [0.29, 0.717) is 25.3 Å². The molecule has 1 saturated heterocycles. The molecule has 1 aliphatic rings. The minimum Gasteiger partial charge on any atom is -0.495 e. The summed E-state index contributed by atoms with van der Waals surface area (Å²) in [6.07, 6.45) is 4.71. The van der Waals surface area contributed by atoms with E-state index < -0.39 is 10.0 Å². The lowest BCUT2D eigenvalue weighted by molar-refractivity contribution is -0.133. The second-order valence-electron chi connectivity index (χ2n) is 9.36. The second-order valence-corrected chi connectivity index (χ2v) is 11.7. The minimum atomic E-state index is -3.98. The molecule has 39 heavy (non-hydrogen) atoms. The van der Waals surface area contributed by atoms with E-state index in [1.807, 2.05) is 48.5 Å². The van der Waals surface area contributed by atoms with Crippen LogP contribution in [0.15, 0.2) is 89.8 Å². The van der Waals surface area contributed by atoms with Crippen molar-refractivity contribution in [3.8, 4) is 5.75 Å². The molecule has 0 aliphatic carbocycles. The lowest BCUT2D eigenvalue weighted by Gasteiger charge is -2.35. The zero-order valence-corrected chi connectivity index (χ0v) is 23.7. The molecule has 0 saturated carbocycles. The van der Waals surface area contributed by atoms with Crippen molar-refractivity contribution in [3.05, 3.63) is 101 Å². The maximum absolute atomic E-state index is 13.7. The maximum atomic E-state index is 13.7. The van der Waals surface area contributed by atoms with E-state index in [2.05, 4.69) is 29.2 Å². The topological polar surface area (TPSA) is 70.2 Å². The monoisotopic (exact) mass is 567 g/mol. The van der Waals surface area contributed by atoms with Crippen LogP contribution in [0.25, 0.3) is 6.08 Å². The van der Waals surface area contributed by atoms with Gasteiger partial charge in [0, 0.05) is 39.3 Å². The first kappa shape index (κ1) is 28.8. The lowest BCUT2D eigenvalue weighted by atomic mass is 10.1. The van der Waals surface area contributed by atoms with E-state index in [1.165, 1.54) is 29.6 Å². The van der Waals surface area contributed by atoms with Crippen LogP contribution in [0.5, 0.6) is 5.75 Å². The average molecular weight is 568 g/mol. The Morgan fingerprint density at radius 3 is 2.28 bits per heavy atom. The number of hydrogen-bond acceptors (Lipinski definition) is 5. The van der Waals surface area contributed by atoms with Gasteiger partial charge in [0.25, 0.3) is 0 Å². The normalized spacial score (nSPS) is 14.7. The molecule has 9 heteroatoms. The van der Waals surface area contributed by atoms with E-state index in [-0.39, 0.29) is 28.9 Å². The van der Waals surface area contributed by atoms with Gasteiger partial charge < -0.3 is 9.64 Å². The van der Waals surface area contributed by atoms with Crippen LogP contribution >= 0.6 is 11.6 Å². The second kappa shape index (κ2) is 13.8. The van der Waals surface area contributed by atoms with Crippen LogP contribution in [0.4, 0.5) is 0 Å². The van der Waals surface area contributed by atoms with Crippen molar-refractivity contribution in [2.45, 2.75) is 11.3 Å². The predicted molar refractivity (Wildman–Crippen MR) is 155 cm³/mol. The summed E-state index contributed by atoms with van der Waals surface area (Å²) in [7, 11) is -2.50. The van der Waals surface area contributed by atoms with Crippen LogP contribution in [0.1, 0.15) is 11.1 Å². The average Bonchev–Trinajstić information content (AvgIpc) is 2.96. The number of amides is 1. The van der Waals surface area contributed by atoms with Crippen LogP contribution in [0.3, 0.4) is 0 Å². The van der Waals surface area contributed by atoms with Gasteiger partial charge in [0.15, 0.2) is 0 Å². The van der Waals surface area contributed by atoms with Gasteiger partial charge in [-0.2, -0.15) is 4.31 Å². The number of benzene rings is 3. The van der Waals surface area contributed by atoms with Gasteiger partial charge in [0.05, 0.1) is 23.6 Å². The quantitative estimate of drug-likeness (QED) is 0.343. The Kier molecular flexibility index (Phi) is 10.2. The summed E-state index contributed by atoms with van der Waals surface area (Å²) in [6, 6.07) is 24.1. The molecular formula is C30H34ClN3O4S. The van der Waals surface area contributed by atoms with Gasteiger partial charge in [-0.25, -0.2) is 8.42 Å². The summed E-state index contributed by atoms with van der Waals surface area (Å²) >= 11 is 6.23. The summed E-state index contributed by atoms with van der Waals surface area (Å²) in [5.74, 6) is 0.185. The van der Waals surface area contributed by atoms with Crippen molar-refractivity contribution < 1.29 is 17.9 Å². The number of carbonyl (C=O) groups is 1. The number of rotatable bonds is 11. The molecule has 1 aliphatic heterocycles. The summed E-state index contributed by atoms with van der Waals surface area (Å²) < 4.78 is 33.7. The Morgan fingerprint density at radius 2 is 1.64 bits per heavy atom. The highest BCUT2D eigenvalue weighted by molar-refractivity contribution is 7.89. The molecule has 4 rings (SSSR count). The third kappa shape index (κ3) is 7.92. The molecule has 0 spiro atoms. The van der Waals surface area contributed by atoms with Crippen LogP contribution < -0.4 is 4.74 Å². The first-order valence-electron chi connectivity index (χ1n) is 13.0. The SMILES string of the molecule is COc1ccc(S(=O)(=O)N(CCc2ccccc2)CC(=O)N2CCN(C/C=C/c3ccccc3)CC2)cc1Cl. The van der Waals surface area contributed by atoms with Gasteiger partial charge >= 0.3 is 0 Å². The van der Waals surface area contributed by atoms with Crippen LogP contribution in [-0.2, 0) is 21.2 Å². The smallest absolute Gasteiger partial charge is 0.243 e. The van der Waals surface area contributed by atoms with Crippen LogP contribution in [-0.4, -0.2) is 81.4 Å². The summed E-state index contributed by atoms with van der Waals surface area (Å²) in [6.45, 7) is 3.31. The predicted octanol–water partition coefficient (Wildman–Crippen LogP) is 4.44. The molecule has 206 valence electrons. The number of carbonyl (C=O) groups excluding carboxylic acids is 1. The van der Waals surface area contributed by atoms with Crippen molar-refractivity contribution >= 4 is 33.6 Å². The standard InChI is InChI=1S/C30H34ClN3O4S/c1-38-29-15-14-27(23-28(29)31)39(36,37)34(18-16-26-11-6-3-7-12-26)24-30(35)33-21-19-32(20-22-33)17-8-13-25-9-4-2-5-10-25/h2-15,23H,16-22,24H2,1H3/b13-8+. The van der Waals surface area contributed by atoms with Gasteiger partial charge in [-0.15, -0.1) is 0 Å². The third-order valence-electron chi connectivity index (χ3n) is 6.76. The molecule has 1 amide bonds. The highest BCUT2D eigenvalue weighted by atomic mass is 35.5. The van der Waals surface area contributed by atoms with Gasteiger partial charge in [0.1, 0.15) is 5.75 Å². The van der Waals surface area contributed by atoms with E-state index >= 15 is 0 Å². The summed E-state index contributed by atoms with van der Waals surface area (Å²) in [5.41, 5.74) is 2.15. The highest BCUT2D eigenvalue weighted by Gasteiger charge is 2.30. The number of nitrogens with zero attached hydrogens (tertiary/aromatic N) is 3. The molecular weight excluding hydrogens is 534 g/mol. The molecule has 7 nitrogen and oxygen atoms in total. The number of hydrogen-bond donors (Lipinski definition) is 0. The maximum Gasteiger partial charge on any atom is 0.243 e. The van der Waals surface area contributed by atoms with Gasteiger partial charge in [-0.05, 0) is 35.7 Å². The number of ether oxygens (including phenoxy) is 1. The van der Waals surface area contributed by atoms with Crippen molar-refractivity contribution in [2.24, 2.45) is 0 Å². The molecule has 1 heterocycles. The van der Waals surface area contributed by atoms with Crippen LogP contribution in [0.2, 0.25) is 5.02 Å². The van der Waals surface area contributed by atoms with Gasteiger partial charge in [-0.3, -0.25) is 9.69 Å². The molecule has 0 N–H and O–H groups in total. The molecule has 3 aromatic carbocycles. The Morgan fingerprint density at radius 1 is 0.974 bits per heavy atom. The Balaban J connectivity index is 1.40. The number of halogens is 1. The van der Waals surface area contributed by atoms with E-state index in [0.717, 1.165) is 30.8 Å². The molecule has 1 fully saturated rings. The molecule has 0 aromatic heterocycles. The molecule has 0 bridgehead atoms. The van der Waals surface area contributed by atoms with Crippen molar-refractivity contribution in [3.63, 3.8) is 0 Å². The van der Waals surface area contributed by atoms with Crippen molar-refractivity contribution in [1.82, 2.24) is 14.1 Å². The lowest BCUT2D eigenvalue weighted by Crippen LogP contribution is -2.51. The molecule has 0 radical (unpaired) electrons. The largest absolute Gasteiger partial charge is 0.495 e. The molecule has 3 aromatic rings. The Hall–Kier alpha value is -3.17. The van der Waals surface area contributed by atoms with E-state index in [1.54, 1.807) is 4.90 Å². The third-order valence-corrected chi connectivity index (χ3v) is 8.90. The Bertz CT molecular complexity index is 1360. The first-order chi connectivity index (χ1) is 18.9. The Labute approximate surface area is 236 Å².